The first-order valence-corrected chi connectivity index (χ1v) is 7.24. The van der Waals surface area contributed by atoms with E-state index in [1.807, 2.05) is 36.4 Å². The molecule has 0 radical (unpaired) electrons. The molecule has 0 amide bonds. The summed E-state index contributed by atoms with van der Waals surface area (Å²) in [7, 11) is 0. The van der Waals surface area contributed by atoms with Gasteiger partial charge in [-0.05, 0) is 30.3 Å². The van der Waals surface area contributed by atoms with Crippen molar-refractivity contribution in [2.45, 2.75) is 0 Å². The predicted molar refractivity (Wildman–Crippen MR) is 82.2 cm³/mol. The molecule has 0 spiro atoms. The van der Waals surface area contributed by atoms with Crippen LogP contribution in [0.3, 0.4) is 0 Å². The van der Waals surface area contributed by atoms with Crippen molar-refractivity contribution in [2.75, 3.05) is 5.73 Å². The van der Waals surface area contributed by atoms with E-state index in [-0.39, 0.29) is 0 Å². The lowest BCUT2D eigenvalue weighted by Crippen LogP contribution is -1.86. The Morgan fingerprint density at radius 1 is 1.22 bits per heavy atom. The number of thiazole rings is 1. The van der Waals surface area contributed by atoms with Crippen molar-refractivity contribution >= 4 is 54.8 Å². The normalized spacial score (nSPS) is 11.0. The van der Waals surface area contributed by atoms with Crippen LogP contribution >= 0.6 is 38.9 Å². The van der Waals surface area contributed by atoms with Gasteiger partial charge < -0.3 is 5.73 Å². The van der Waals surface area contributed by atoms with Crippen LogP contribution in [0.15, 0.2) is 40.9 Å². The fourth-order valence-corrected chi connectivity index (χ4v) is 3.59. The summed E-state index contributed by atoms with van der Waals surface area (Å²) in [5, 5.41) is 1.65. The Morgan fingerprint density at radius 3 is 2.83 bits per heavy atom. The molecule has 90 valence electrons. The smallest absolute Gasteiger partial charge is 0.125 e. The van der Waals surface area contributed by atoms with Crippen LogP contribution in [0.5, 0.6) is 0 Å². The first kappa shape index (κ1) is 12.0. The number of nitrogens with zero attached hydrogens (tertiary/aromatic N) is 1. The SMILES string of the molecule is Nc1ccc(Br)c(-c2nc3cccc(Cl)c3s2)c1. The summed E-state index contributed by atoms with van der Waals surface area (Å²) in [6.45, 7) is 0. The van der Waals surface area contributed by atoms with Gasteiger partial charge in [0.25, 0.3) is 0 Å². The third kappa shape index (κ3) is 2.00. The number of rotatable bonds is 1. The number of aromatic nitrogens is 1. The quantitative estimate of drug-likeness (QED) is 0.636. The van der Waals surface area contributed by atoms with Crippen molar-refractivity contribution in [2.24, 2.45) is 0 Å². The molecule has 2 N–H and O–H groups in total. The number of benzene rings is 2. The van der Waals surface area contributed by atoms with Gasteiger partial charge >= 0.3 is 0 Å². The van der Waals surface area contributed by atoms with Crippen molar-refractivity contribution < 1.29 is 0 Å². The van der Waals surface area contributed by atoms with Crippen molar-refractivity contribution in [3.63, 3.8) is 0 Å². The summed E-state index contributed by atoms with van der Waals surface area (Å²) < 4.78 is 1.98. The topological polar surface area (TPSA) is 38.9 Å². The van der Waals surface area contributed by atoms with Gasteiger partial charge in [0.2, 0.25) is 0 Å². The average Bonchev–Trinajstić information content (AvgIpc) is 2.77. The van der Waals surface area contributed by atoms with Crippen molar-refractivity contribution in [1.29, 1.82) is 0 Å². The molecular formula is C13H8BrClN2S. The van der Waals surface area contributed by atoms with E-state index in [4.69, 9.17) is 17.3 Å². The Balaban J connectivity index is 2.26. The standard InChI is InChI=1S/C13H8BrClN2S/c14-9-5-4-7(16)6-8(9)13-17-11-3-1-2-10(15)12(11)18-13/h1-6H,16H2. The van der Waals surface area contributed by atoms with E-state index in [0.717, 1.165) is 36.0 Å². The first-order valence-electron chi connectivity index (χ1n) is 5.25. The lowest BCUT2D eigenvalue weighted by atomic mass is 10.2. The molecule has 0 aliphatic heterocycles. The fraction of sp³-hybridized carbons (Fsp3) is 0. The van der Waals surface area contributed by atoms with Crippen LogP contribution in [0.4, 0.5) is 5.69 Å². The molecule has 0 bridgehead atoms. The summed E-state index contributed by atoms with van der Waals surface area (Å²) in [4.78, 5) is 4.59. The maximum Gasteiger partial charge on any atom is 0.125 e. The number of anilines is 1. The van der Waals surface area contributed by atoms with E-state index < -0.39 is 0 Å². The highest BCUT2D eigenvalue weighted by Gasteiger charge is 2.11. The lowest BCUT2D eigenvalue weighted by Gasteiger charge is -2.01. The average molecular weight is 340 g/mol. The summed E-state index contributed by atoms with van der Waals surface area (Å²) in [5.74, 6) is 0. The second-order valence-corrected chi connectivity index (χ2v) is 6.11. The molecule has 0 saturated heterocycles. The maximum atomic E-state index is 6.16. The number of hydrogen-bond acceptors (Lipinski definition) is 3. The molecule has 3 rings (SSSR count). The Kier molecular flexibility index (Phi) is 3.01. The van der Waals surface area contributed by atoms with Gasteiger partial charge in [0.05, 0.1) is 15.2 Å². The van der Waals surface area contributed by atoms with Gasteiger partial charge in [-0.15, -0.1) is 11.3 Å². The Morgan fingerprint density at radius 2 is 2.06 bits per heavy atom. The lowest BCUT2D eigenvalue weighted by molar-refractivity contribution is 1.46. The number of fused-ring (bicyclic) bond motifs is 1. The second-order valence-electron chi connectivity index (χ2n) is 3.85. The number of hydrogen-bond donors (Lipinski definition) is 1. The molecule has 0 aliphatic carbocycles. The molecule has 0 atom stereocenters. The van der Waals surface area contributed by atoms with Crippen LogP contribution in [0.1, 0.15) is 0 Å². The van der Waals surface area contributed by atoms with E-state index in [0.29, 0.717) is 0 Å². The minimum atomic E-state index is 0.721. The molecule has 1 aromatic heterocycles. The zero-order chi connectivity index (χ0) is 12.7. The van der Waals surface area contributed by atoms with Crippen LogP contribution in [0.2, 0.25) is 5.02 Å². The minimum absolute atomic E-state index is 0.721. The molecule has 5 heteroatoms. The van der Waals surface area contributed by atoms with Gasteiger partial charge in [0.15, 0.2) is 0 Å². The highest BCUT2D eigenvalue weighted by molar-refractivity contribution is 9.10. The van der Waals surface area contributed by atoms with Gasteiger partial charge in [0.1, 0.15) is 5.01 Å². The van der Waals surface area contributed by atoms with Crippen LogP contribution in [-0.4, -0.2) is 4.98 Å². The van der Waals surface area contributed by atoms with Crippen LogP contribution in [0, 0.1) is 0 Å². The number of halogens is 2. The van der Waals surface area contributed by atoms with Crippen molar-refractivity contribution in [3.05, 3.63) is 45.9 Å². The third-order valence-corrected chi connectivity index (χ3v) is 4.84. The van der Waals surface area contributed by atoms with E-state index in [1.165, 1.54) is 0 Å². The van der Waals surface area contributed by atoms with Crippen LogP contribution in [-0.2, 0) is 0 Å². The van der Waals surface area contributed by atoms with Gasteiger partial charge in [0, 0.05) is 15.7 Å². The van der Waals surface area contributed by atoms with Gasteiger partial charge in [-0.1, -0.05) is 33.6 Å². The fourth-order valence-electron chi connectivity index (χ4n) is 1.74. The van der Waals surface area contributed by atoms with Gasteiger partial charge in [-0.2, -0.15) is 0 Å². The molecular weight excluding hydrogens is 332 g/mol. The van der Waals surface area contributed by atoms with Crippen LogP contribution in [0.25, 0.3) is 20.8 Å². The molecule has 1 heterocycles. The van der Waals surface area contributed by atoms with E-state index in [2.05, 4.69) is 20.9 Å². The summed E-state index contributed by atoms with van der Waals surface area (Å²) >= 11 is 11.3. The molecule has 3 aromatic rings. The zero-order valence-electron chi connectivity index (χ0n) is 9.15. The second kappa shape index (κ2) is 4.53. The van der Waals surface area contributed by atoms with E-state index >= 15 is 0 Å². The Labute approximate surface area is 122 Å². The molecule has 2 aromatic carbocycles. The monoisotopic (exact) mass is 338 g/mol. The molecule has 2 nitrogen and oxygen atoms in total. The largest absolute Gasteiger partial charge is 0.399 e. The van der Waals surface area contributed by atoms with Gasteiger partial charge in [-0.3, -0.25) is 0 Å². The first-order chi connectivity index (χ1) is 8.65. The molecule has 0 aliphatic rings. The van der Waals surface area contributed by atoms with Crippen molar-refractivity contribution in [1.82, 2.24) is 4.98 Å². The highest BCUT2D eigenvalue weighted by Crippen LogP contribution is 2.37. The molecule has 0 saturated carbocycles. The van der Waals surface area contributed by atoms with Crippen LogP contribution < -0.4 is 5.73 Å². The highest BCUT2D eigenvalue weighted by atomic mass is 79.9. The summed E-state index contributed by atoms with van der Waals surface area (Å²) in [6.07, 6.45) is 0. The van der Waals surface area contributed by atoms with E-state index in [9.17, 15) is 0 Å². The molecule has 0 unspecified atom stereocenters. The third-order valence-electron chi connectivity index (χ3n) is 2.59. The summed E-state index contributed by atoms with van der Waals surface area (Å²) in [5.41, 5.74) is 8.45. The maximum absolute atomic E-state index is 6.16. The predicted octanol–water partition coefficient (Wildman–Crippen LogP) is 4.96. The van der Waals surface area contributed by atoms with Gasteiger partial charge in [-0.25, -0.2) is 4.98 Å². The summed E-state index contributed by atoms with van der Waals surface area (Å²) in [6, 6.07) is 11.4. The molecule has 18 heavy (non-hydrogen) atoms. The minimum Gasteiger partial charge on any atom is -0.399 e. The van der Waals surface area contributed by atoms with Crippen molar-refractivity contribution in [3.8, 4) is 10.6 Å². The molecule has 0 fully saturated rings. The zero-order valence-corrected chi connectivity index (χ0v) is 12.3. The Bertz CT molecular complexity index is 739. The van der Waals surface area contributed by atoms with E-state index in [1.54, 1.807) is 11.3 Å². The Hall–Kier alpha value is -1.10. The number of nitrogen functional groups attached to an aromatic ring is 1. The number of nitrogens with two attached hydrogens (primary N) is 1.